The highest BCUT2D eigenvalue weighted by Gasteiger charge is 2.27. The predicted octanol–water partition coefficient (Wildman–Crippen LogP) is 0.708. The summed E-state index contributed by atoms with van der Waals surface area (Å²) in [5.74, 6) is 1.03. The van der Waals surface area contributed by atoms with Crippen molar-refractivity contribution in [3.8, 4) is 0 Å². The molecule has 5 nitrogen and oxygen atoms in total. The molecule has 1 saturated heterocycles. The maximum absolute atomic E-state index is 12.4. The summed E-state index contributed by atoms with van der Waals surface area (Å²) < 4.78 is 0. The number of carbonyl (C=O) groups is 1. The molecule has 1 saturated carbocycles. The van der Waals surface area contributed by atoms with Crippen molar-refractivity contribution in [2.45, 2.75) is 19.4 Å². The van der Waals surface area contributed by atoms with Crippen molar-refractivity contribution in [3.05, 3.63) is 29.6 Å². The fraction of sp³-hybridized carbons (Fsp3) is 0.600. The molecule has 2 fully saturated rings. The number of rotatable bonds is 4. The van der Waals surface area contributed by atoms with E-state index in [0.29, 0.717) is 12.1 Å². The quantitative estimate of drug-likeness (QED) is 0.878. The summed E-state index contributed by atoms with van der Waals surface area (Å²) in [6.07, 6.45) is 4.44. The van der Waals surface area contributed by atoms with Gasteiger partial charge in [-0.15, -0.1) is 0 Å². The van der Waals surface area contributed by atoms with Gasteiger partial charge in [0.1, 0.15) is 0 Å². The lowest BCUT2D eigenvalue weighted by atomic mass is 10.2. The van der Waals surface area contributed by atoms with Crippen LogP contribution in [0, 0.1) is 5.92 Å². The molecule has 5 heteroatoms. The van der Waals surface area contributed by atoms with Gasteiger partial charge in [-0.05, 0) is 30.9 Å². The van der Waals surface area contributed by atoms with E-state index in [9.17, 15) is 4.79 Å². The maximum Gasteiger partial charge on any atom is 0.254 e. The van der Waals surface area contributed by atoms with Crippen LogP contribution in [0.5, 0.6) is 0 Å². The van der Waals surface area contributed by atoms with Gasteiger partial charge in [-0.25, -0.2) is 0 Å². The zero-order valence-corrected chi connectivity index (χ0v) is 11.8. The predicted molar refractivity (Wildman–Crippen MR) is 77.2 cm³/mol. The highest BCUT2D eigenvalue weighted by Crippen LogP contribution is 2.29. The molecule has 2 heterocycles. The van der Waals surface area contributed by atoms with Crippen molar-refractivity contribution in [1.82, 2.24) is 14.8 Å². The van der Waals surface area contributed by atoms with Crippen LogP contribution in [0.1, 0.15) is 28.9 Å². The molecule has 1 aromatic heterocycles. The van der Waals surface area contributed by atoms with Crippen LogP contribution < -0.4 is 5.73 Å². The summed E-state index contributed by atoms with van der Waals surface area (Å²) in [4.78, 5) is 21.0. The summed E-state index contributed by atoms with van der Waals surface area (Å²) in [7, 11) is 0. The third-order valence-corrected chi connectivity index (χ3v) is 4.15. The maximum atomic E-state index is 12.4. The monoisotopic (exact) mass is 274 g/mol. The molecule has 108 valence electrons. The zero-order chi connectivity index (χ0) is 13.9. The summed E-state index contributed by atoms with van der Waals surface area (Å²) in [6.45, 7) is 5.23. The van der Waals surface area contributed by atoms with Gasteiger partial charge in [-0.2, -0.15) is 0 Å². The lowest BCUT2D eigenvalue weighted by molar-refractivity contribution is 0.0632. The van der Waals surface area contributed by atoms with E-state index in [-0.39, 0.29) is 5.91 Å². The topological polar surface area (TPSA) is 62.5 Å². The number of amides is 1. The molecule has 2 aliphatic rings. The molecule has 0 radical (unpaired) electrons. The molecule has 1 amide bonds. The normalized spacial score (nSPS) is 20.1. The van der Waals surface area contributed by atoms with E-state index < -0.39 is 0 Å². The van der Waals surface area contributed by atoms with Crippen molar-refractivity contribution >= 4 is 5.91 Å². The second-order valence-electron chi connectivity index (χ2n) is 5.78. The molecular weight excluding hydrogens is 252 g/mol. The van der Waals surface area contributed by atoms with E-state index in [2.05, 4.69) is 9.88 Å². The Morgan fingerprint density at radius 3 is 2.70 bits per heavy atom. The molecule has 0 atom stereocenters. The molecule has 2 N–H and O–H groups in total. The standard InChI is InChI=1S/C15H22N4O/c16-10-14-9-13(3-4-17-14)15(20)19-7-5-18(6-8-19)11-12-1-2-12/h3-4,9,12H,1-2,5-8,10-11,16H2. The average molecular weight is 274 g/mol. The van der Waals surface area contributed by atoms with Gasteiger partial charge in [-0.3, -0.25) is 14.7 Å². The number of pyridine rings is 1. The second kappa shape index (κ2) is 5.89. The Bertz CT molecular complexity index is 479. The Morgan fingerprint density at radius 2 is 2.05 bits per heavy atom. The van der Waals surface area contributed by atoms with E-state index in [1.807, 2.05) is 4.90 Å². The minimum Gasteiger partial charge on any atom is -0.336 e. The highest BCUT2D eigenvalue weighted by molar-refractivity contribution is 5.94. The SMILES string of the molecule is NCc1cc(C(=O)N2CCN(CC3CC3)CC2)ccn1. The van der Waals surface area contributed by atoms with E-state index in [1.54, 1.807) is 18.3 Å². The molecule has 0 bridgehead atoms. The van der Waals surface area contributed by atoms with Crippen molar-refractivity contribution < 1.29 is 4.79 Å². The summed E-state index contributed by atoms with van der Waals surface area (Å²) in [5.41, 5.74) is 7.05. The number of hydrogen-bond acceptors (Lipinski definition) is 4. The van der Waals surface area contributed by atoms with Gasteiger partial charge in [0.15, 0.2) is 0 Å². The first-order valence-corrected chi connectivity index (χ1v) is 7.43. The molecule has 1 aliphatic heterocycles. The first-order chi connectivity index (χ1) is 9.76. The Kier molecular flexibility index (Phi) is 3.98. The van der Waals surface area contributed by atoms with Crippen LogP contribution in [0.25, 0.3) is 0 Å². The van der Waals surface area contributed by atoms with Gasteiger partial charge in [-0.1, -0.05) is 0 Å². The fourth-order valence-electron chi connectivity index (χ4n) is 2.70. The molecule has 3 rings (SSSR count). The largest absolute Gasteiger partial charge is 0.336 e. The fourth-order valence-corrected chi connectivity index (χ4v) is 2.70. The van der Waals surface area contributed by atoms with Crippen LogP contribution in [0.4, 0.5) is 0 Å². The van der Waals surface area contributed by atoms with Crippen LogP contribution in [-0.2, 0) is 6.54 Å². The Hall–Kier alpha value is -1.46. The third kappa shape index (κ3) is 3.16. The van der Waals surface area contributed by atoms with Crippen molar-refractivity contribution in [3.63, 3.8) is 0 Å². The van der Waals surface area contributed by atoms with Crippen LogP contribution in [0.3, 0.4) is 0 Å². The Labute approximate surface area is 119 Å². The third-order valence-electron chi connectivity index (χ3n) is 4.15. The van der Waals surface area contributed by atoms with E-state index in [4.69, 9.17) is 5.73 Å². The van der Waals surface area contributed by atoms with Crippen molar-refractivity contribution in [2.24, 2.45) is 11.7 Å². The molecule has 20 heavy (non-hydrogen) atoms. The summed E-state index contributed by atoms with van der Waals surface area (Å²) >= 11 is 0. The first kappa shape index (κ1) is 13.5. The molecular formula is C15H22N4O. The van der Waals surface area contributed by atoms with Crippen LogP contribution in [0.15, 0.2) is 18.3 Å². The van der Waals surface area contributed by atoms with E-state index >= 15 is 0 Å². The lowest BCUT2D eigenvalue weighted by Gasteiger charge is -2.34. The minimum atomic E-state index is 0.105. The Morgan fingerprint density at radius 1 is 1.30 bits per heavy atom. The Balaban J connectivity index is 1.57. The number of aromatic nitrogens is 1. The van der Waals surface area contributed by atoms with E-state index in [1.165, 1.54) is 19.4 Å². The van der Waals surface area contributed by atoms with Gasteiger partial charge in [0.05, 0.1) is 5.69 Å². The molecule has 0 aromatic carbocycles. The molecule has 1 aromatic rings. The number of nitrogens with zero attached hydrogens (tertiary/aromatic N) is 3. The molecule has 1 aliphatic carbocycles. The zero-order valence-electron chi connectivity index (χ0n) is 11.8. The number of nitrogens with two attached hydrogens (primary N) is 1. The van der Waals surface area contributed by atoms with Crippen LogP contribution >= 0.6 is 0 Å². The molecule has 0 spiro atoms. The number of piperazine rings is 1. The van der Waals surface area contributed by atoms with Crippen LogP contribution in [-0.4, -0.2) is 53.4 Å². The van der Waals surface area contributed by atoms with Crippen molar-refractivity contribution in [2.75, 3.05) is 32.7 Å². The minimum absolute atomic E-state index is 0.105. The lowest BCUT2D eigenvalue weighted by Crippen LogP contribution is -2.49. The summed E-state index contributed by atoms with van der Waals surface area (Å²) in [5, 5.41) is 0. The van der Waals surface area contributed by atoms with E-state index in [0.717, 1.165) is 37.8 Å². The van der Waals surface area contributed by atoms with Crippen LogP contribution in [0.2, 0.25) is 0 Å². The molecule has 0 unspecified atom stereocenters. The number of carbonyl (C=O) groups excluding carboxylic acids is 1. The van der Waals surface area contributed by atoms with Crippen molar-refractivity contribution in [1.29, 1.82) is 0 Å². The van der Waals surface area contributed by atoms with Gasteiger partial charge in [0.2, 0.25) is 0 Å². The summed E-state index contributed by atoms with van der Waals surface area (Å²) in [6, 6.07) is 3.58. The second-order valence-corrected chi connectivity index (χ2v) is 5.78. The van der Waals surface area contributed by atoms with Gasteiger partial charge in [0.25, 0.3) is 5.91 Å². The van der Waals surface area contributed by atoms with Gasteiger partial charge in [0, 0.05) is 51.0 Å². The average Bonchev–Trinajstić information content (AvgIpc) is 3.31. The van der Waals surface area contributed by atoms with Gasteiger partial charge < -0.3 is 10.6 Å². The number of hydrogen-bond donors (Lipinski definition) is 1. The highest BCUT2D eigenvalue weighted by atomic mass is 16.2. The first-order valence-electron chi connectivity index (χ1n) is 7.43. The smallest absolute Gasteiger partial charge is 0.254 e. The van der Waals surface area contributed by atoms with Gasteiger partial charge >= 0.3 is 0 Å².